The zero-order valence-corrected chi connectivity index (χ0v) is 13.7. The Morgan fingerprint density at radius 1 is 1.45 bits per heavy atom. The quantitative estimate of drug-likeness (QED) is 0.876. The van der Waals surface area contributed by atoms with Crippen molar-refractivity contribution in [1.29, 1.82) is 0 Å². The van der Waals surface area contributed by atoms with Crippen LogP contribution in [0.15, 0.2) is 6.20 Å². The zero-order chi connectivity index (χ0) is 14.5. The van der Waals surface area contributed by atoms with Gasteiger partial charge in [-0.15, -0.1) is 0 Å². The summed E-state index contributed by atoms with van der Waals surface area (Å²) in [6.07, 6.45) is 6.78. The minimum Gasteiger partial charge on any atom is -0.314 e. The molecule has 0 saturated heterocycles. The highest BCUT2D eigenvalue weighted by molar-refractivity contribution is 6.31. The van der Waals surface area contributed by atoms with Crippen molar-refractivity contribution >= 4 is 11.6 Å². The van der Waals surface area contributed by atoms with Crippen molar-refractivity contribution in [3.05, 3.63) is 16.9 Å². The van der Waals surface area contributed by atoms with Crippen LogP contribution in [0.4, 0.5) is 0 Å². The van der Waals surface area contributed by atoms with Gasteiger partial charge in [-0.1, -0.05) is 24.9 Å². The van der Waals surface area contributed by atoms with Gasteiger partial charge in [0.1, 0.15) is 0 Å². The Bertz CT molecular complexity index is 414. The van der Waals surface area contributed by atoms with Gasteiger partial charge in [0.05, 0.1) is 23.5 Å². The molecule has 0 aliphatic heterocycles. The van der Waals surface area contributed by atoms with E-state index >= 15 is 0 Å². The van der Waals surface area contributed by atoms with E-state index in [0.29, 0.717) is 12.0 Å². The lowest BCUT2D eigenvalue weighted by Crippen LogP contribution is -2.34. The number of hydrogen-bond donors (Lipinski definition) is 1. The molecule has 0 radical (unpaired) electrons. The van der Waals surface area contributed by atoms with Crippen LogP contribution in [-0.4, -0.2) is 47.9 Å². The minimum absolute atomic E-state index is 0.546. The first-order valence-electron chi connectivity index (χ1n) is 7.71. The molecule has 4 nitrogen and oxygen atoms in total. The summed E-state index contributed by atoms with van der Waals surface area (Å²) in [7, 11) is 4.18. The van der Waals surface area contributed by atoms with Crippen LogP contribution < -0.4 is 5.32 Å². The van der Waals surface area contributed by atoms with Gasteiger partial charge < -0.3 is 10.2 Å². The Kier molecular flexibility index (Phi) is 5.87. The highest BCUT2D eigenvalue weighted by atomic mass is 35.5. The molecule has 2 atom stereocenters. The largest absolute Gasteiger partial charge is 0.314 e. The second-order valence-electron chi connectivity index (χ2n) is 6.02. The number of nitrogens with zero attached hydrogens (tertiary/aromatic N) is 3. The van der Waals surface area contributed by atoms with Crippen LogP contribution in [0.25, 0.3) is 0 Å². The zero-order valence-electron chi connectivity index (χ0n) is 12.9. The lowest BCUT2D eigenvalue weighted by molar-refractivity contribution is 0.322. The van der Waals surface area contributed by atoms with Crippen molar-refractivity contribution in [2.75, 3.05) is 27.2 Å². The third-order valence-corrected chi connectivity index (χ3v) is 4.44. The SMILES string of the molecule is CCNC1CCCC(c2c(Cl)cnn2CCN(C)C)C1. The third kappa shape index (κ3) is 3.96. The number of hydrogen-bond acceptors (Lipinski definition) is 3. The van der Waals surface area contributed by atoms with Crippen LogP contribution in [0.1, 0.15) is 44.2 Å². The second-order valence-corrected chi connectivity index (χ2v) is 6.43. The fourth-order valence-corrected chi connectivity index (χ4v) is 3.46. The number of nitrogens with one attached hydrogen (secondary N) is 1. The Morgan fingerprint density at radius 2 is 2.25 bits per heavy atom. The van der Waals surface area contributed by atoms with Gasteiger partial charge in [-0.25, -0.2) is 0 Å². The molecule has 1 fully saturated rings. The summed E-state index contributed by atoms with van der Waals surface area (Å²) in [5, 5.41) is 8.89. The molecule has 2 rings (SSSR count). The van der Waals surface area contributed by atoms with Crippen molar-refractivity contribution in [1.82, 2.24) is 20.0 Å². The molecule has 1 heterocycles. The number of aromatic nitrogens is 2. The van der Waals surface area contributed by atoms with E-state index in [9.17, 15) is 0 Å². The van der Waals surface area contributed by atoms with Crippen LogP contribution in [-0.2, 0) is 6.54 Å². The summed E-state index contributed by atoms with van der Waals surface area (Å²) in [5.74, 6) is 0.546. The molecule has 1 aromatic heterocycles. The third-order valence-electron chi connectivity index (χ3n) is 4.15. The lowest BCUT2D eigenvalue weighted by atomic mass is 9.83. The van der Waals surface area contributed by atoms with Crippen LogP contribution in [0.3, 0.4) is 0 Å². The Hall–Kier alpha value is -0.580. The number of rotatable bonds is 6. The van der Waals surface area contributed by atoms with E-state index < -0.39 is 0 Å². The van der Waals surface area contributed by atoms with Crippen molar-refractivity contribution in [2.24, 2.45) is 0 Å². The van der Waals surface area contributed by atoms with Crippen molar-refractivity contribution < 1.29 is 0 Å². The fourth-order valence-electron chi connectivity index (χ4n) is 3.16. The van der Waals surface area contributed by atoms with E-state index in [1.165, 1.54) is 31.4 Å². The standard InChI is InChI=1S/C15H27ClN4/c1-4-17-13-7-5-6-12(10-13)15-14(16)11-18-20(15)9-8-19(2)3/h11-13,17H,4-10H2,1-3H3. The smallest absolute Gasteiger partial charge is 0.0820 e. The summed E-state index contributed by atoms with van der Waals surface area (Å²) in [4.78, 5) is 2.18. The van der Waals surface area contributed by atoms with Gasteiger partial charge in [0.15, 0.2) is 0 Å². The average molecular weight is 299 g/mol. The maximum atomic E-state index is 6.40. The summed E-state index contributed by atoms with van der Waals surface area (Å²) >= 11 is 6.40. The highest BCUT2D eigenvalue weighted by Gasteiger charge is 2.27. The van der Waals surface area contributed by atoms with Gasteiger partial charge in [-0.2, -0.15) is 5.10 Å². The molecule has 1 aliphatic rings. The monoisotopic (exact) mass is 298 g/mol. The minimum atomic E-state index is 0.546. The fraction of sp³-hybridized carbons (Fsp3) is 0.800. The predicted octanol–water partition coefficient (Wildman–Crippen LogP) is 2.73. The van der Waals surface area contributed by atoms with Gasteiger partial charge in [0, 0.05) is 18.5 Å². The first-order valence-corrected chi connectivity index (χ1v) is 8.09. The molecule has 20 heavy (non-hydrogen) atoms. The predicted molar refractivity (Wildman–Crippen MR) is 84.5 cm³/mol. The molecule has 1 N–H and O–H groups in total. The maximum Gasteiger partial charge on any atom is 0.0820 e. The van der Waals surface area contributed by atoms with E-state index in [2.05, 4.69) is 41.0 Å². The second kappa shape index (κ2) is 7.43. The van der Waals surface area contributed by atoms with E-state index in [-0.39, 0.29) is 0 Å². The highest BCUT2D eigenvalue weighted by Crippen LogP contribution is 2.36. The van der Waals surface area contributed by atoms with Gasteiger partial charge in [-0.05, 0) is 39.9 Å². The van der Waals surface area contributed by atoms with Crippen LogP contribution in [0, 0.1) is 0 Å². The Morgan fingerprint density at radius 3 is 2.95 bits per heavy atom. The molecule has 114 valence electrons. The first kappa shape index (κ1) is 15.8. The summed E-state index contributed by atoms with van der Waals surface area (Å²) in [6, 6.07) is 0.631. The topological polar surface area (TPSA) is 33.1 Å². The summed E-state index contributed by atoms with van der Waals surface area (Å²) in [5.41, 5.74) is 1.25. The van der Waals surface area contributed by atoms with Gasteiger partial charge in [-0.3, -0.25) is 4.68 Å². The van der Waals surface area contributed by atoms with Gasteiger partial charge in [0.25, 0.3) is 0 Å². The Balaban J connectivity index is 2.08. The Labute approximate surface area is 127 Å². The molecule has 0 bridgehead atoms. The molecule has 1 aliphatic carbocycles. The van der Waals surface area contributed by atoms with Crippen molar-refractivity contribution in [3.8, 4) is 0 Å². The van der Waals surface area contributed by atoms with E-state index in [1.807, 2.05) is 6.20 Å². The molecular weight excluding hydrogens is 272 g/mol. The van der Waals surface area contributed by atoms with E-state index in [1.54, 1.807) is 0 Å². The molecule has 0 amide bonds. The van der Waals surface area contributed by atoms with E-state index in [4.69, 9.17) is 11.6 Å². The molecule has 1 aromatic rings. The van der Waals surface area contributed by atoms with Crippen LogP contribution >= 0.6 is 11.6 Å². The maximum absolute atomic E-state index is 6.40. The lowest BCUT2D eigenvalue weighted by Gasteiger charge is -2.30. The molecule has 1 saturated carbocycles. The molecular formula is C15H27ClN4. The molecule has 5 heteroatoms. The van der Waals surface area contributed by atoms with Crippen molar-refractivity contribution in [2.45, 2.75) is 51.1 Å². The molecule has 2 unspecified atom stereocenters. The summed E-state index contributed by atoms with van der Waals surface area (Å²) in [6.45, 7) is 5.13. The first-order chi connectivity index (χ1) is 9.61. The molecule has 0 spiro atoms. The number of halogens is 1. The van der Waals surface area contributed by atoms with Crippen molar-refractivity contribution in [3.63, 3.8) is 0 Å². The average Bonchev–Trinajstić information content (AvgIpc) is 2.78. The van der Waals surface area contributed by atoms with Crippen LogP contribution in [0.2, 0.25) is 5.02 Å². The number of likely N-dealkylation sites (N-methyl/N-ethyl adjacent to an activating group) is 1. The summed E-state index contributed by atoms with van der Waals surface area (Å²) < 4.78 is 2.11. The van der Waals surface area contributed by atoms with Gasteiger partial charge in [0.2, 0.25) is 0 Å². The van der Waals surface area contributed by atoms with Gasteiger partial charge >= 0.3 is 0 Å². The molecule has 0 aromatic carbocycles. The normalized spacial score (nSPS) is 23.4. The van der Waals surface area contributed by atoms with E-state index in [0.717, 1.165) is 24.7 Å². The van der Waals surface area contributed by atoms with Crippen LogP contribution in [0.5, 0.6) is 0 Å².